The normalized spacial score (nSPS) is 25.2. The van der Waals surface area contributed by atoms with E-state index in [1.807, 2.05) is 0 Å². The van der Waals surface area contributed by atoms with E-state index in [1.54, 1.807) is 0 Å². The Morgan fingerprint density at radius 3 is 2.65 bits per heavy atom. The lowest BCUT2D eigenvalue weighted by Gasteiger charge is -2.34. The fourth-order valence-electron chi connectivity index (χ4n) is 2.97. The molecular formula is C12H19N3O3S2. The number of nitrogens with zero attached hydrogens (tertiary/aromatic N) is 2. The minimum atomic E-state index is -3.64. The van der Waals surface area contributed by atoms with Crippen LogP contribution in [0.15, 0.2) is 10.4 Å². The molecule has 2 N–H and O–H groups in total. The molecule has 2 aliphatic rings. The van der Waals surface area contributed by atoms with Crippen LogP contribution in [0.5, 0.6) is 0 Å². The third-order valence-corrected chi connectivity index (χ3v) is 6.52. The summed E-state index contributed by atoms with van der Waals surface area (Å²) in [5.41, 5.74) is 0. The van der Waals surface area contributed by atoms with E-state index in [4.69, 9.17) is 9.88 Å². The van der Waals surface area contributed by atoms with Crippen molar-refractivity contribution >= 4 is 26.5 Å². The summed E-state index contributed by atoms with van der Waals surface area (Å²) in [5, 5.41) is 5.86. The molecular weight excluding hydrogens is 298 g/mol. The van der Waals surface area contributed by atoms with Gasteiger partial charge in [0, 0.05) is 19.7 Å². The van der Waals surface area contributed by atoms with Crippen LogP contribution in [-0.2, 0) is 14.8 Å². The van der Waals surface area contributed by atoms with Gasteiger partial charge in [-0.25, -0.2) is 18.5 Å². The smallest absolute Gasteiger partial charge is 0.249 e. The minimum Gasteiger partial charge on any atom is -0.378 e. The van der Waals surface area contributed by atoms with Crippen molar-refractivity contribution < 1.29 is 13.2 Å². The highest BCUT2D eigenvalue weighted by Gasteiger charge is 2.30. The fraction of sp³-hybridized carbons (Fsp3) is 0.750. The maximum Gasteiger partial charge on any atom is 0.249 e. The van der Waals surface area contributed by atoms with E-state index in [2.05, 4.69) is 9.88 Å². The SMILES string of the molecule is NS(=O)(=O)c1cnc(N2CCC(C3CCCO3)CC2)s1. The molecule has 3 rings (SSSR count). The van der Waals surface area contributed by atoms with E-state index in [0.29, 0.717) is 12.0 Å². The van der Waals surface area contributed by atoms with Crippen molar-refractivity contribution in [1.82, 2.24) is 4.98 Å². The summed E-state index contributed by atoms with van der Waals surface area (Å²) < 4.78 is 28.4. The van der Waals surface area contributed by atoms with Gasteiger partial charge in [-0.1, -0.05) is 11.3 Å². The molecule has 8 heteroatoms. The van der Waals surface area contributed by atoms with Gasteiger partial charge in [-0.15, -0.1) is 0 Å². The molecule has 1 aromatic heterocycles. The predicted octanol–water partition coefficient (Wildman–Crippen LogP) is 1.19. The van der Waals surface area contributed by atoms with Gasteiger partial charge < -0.3 is 9.64 Å². The Hall–Kier alpha value is -0.700. The summed E-state index contributed by atoms with van der Waals surface area (Å²) >= 11 is 1.15. The zero-order chi connectivity index (χ0) is 14.2. The first-order valence-electron chi connectivity index (χ1n) is 6.89. The Balaban J connectivity index is 1.61. The number of hydrogen-bond donors (Lipinski definition) is 1. The molecule has 0 bridgehead atoms. The van der Waals surface area contributed by atoms with Crippen LogP contribution >= 0.6 is 11.3 Å². The Morgan fingerprint density at radius 1 is 1.35 bits per heavy atom. The van der Waals surface area contributed by atoms with Crippen LogP contribution in [-0.4, -0.2) is 39.2 Å². The lowest BCUT2D eigenvalue weighted by atomic mass is 9.90. The molecule has 6 nitrogen and oxygen atoms in total. The molecule has 0 spiro atoms. The van der Waals surface area contributed by atoms with E-state index in [9.17, 15) is 8.42 Å². The zero-order valence-electron chi connectivity index (χ0n) is 11.2. The van der Waals surface area contributed by atoms with Crippen LogP contribution in [0.1, 0.15) is 25.7 Å². The average Bonchev–Trinajstić information content (AvgIpc) is 3.10. The van der Waals surface area contributed by atoms with Crippen molar-refractivity contribution in [3.63, 3.8) is 0 Å². The van der Waals surface area contributed by atoms with Crippen LogP contribution in [0.3, 0.4) is 0 Å². The second kappa shape index (κ2) is 5.59. The Bertz CT molecular complexity index is 558. The van der Waals surface area contributed by atoms with Crippen molar-refractivity contribution in [2.45, 2.75) is 36.0 Å². The van der Waals surface area contributed by atoms with Crippen molar-refractivity contribution in [2.75, 3.05) is 24.6 Å². The maximum atomic E-state index is 11.3. The van der Waals surface area contributed by atoms with Crippen LogP contribution in [0.25, 0.3) is 0 Å². The van der Waals surface area contributed by atoms with Gasteiger partial charge in [-0.05, 0) is 31.6 Å². The van der Waals surface area contributed by atoms with Gasteiger partial charge in [0.1, 0.15) is 0 Å². The quantitative estimate of drug-likeness (QED) is 0.905. The molecule has 0 radical (unpaired) electrons. The van der Waals surface area contributed by atoms with E-state index in [0.717, 1.165) is 49.0 Å². The molecule has 20 heavy (non-hydrogen) atoms. The van der Waals surface area contributed by atoms with Crippen LogP contribution < -0.4 is 10.0 Å². The third-order valence-electron chi connectivity index (χ3n) is 4.05. The molecule has 0 saturated carbocycles. The first-order valence-corrected chi connectivity index (χ1v) is 9.25. The summed E-state index contributed by atoms with van der Waals surface area (Å²) in [6.45, 7) is 2.71. The van der Waals surface area contributed by atoms with E-state index in [1.165, 1.54) is 19.0 Å². The van der Waals surface area contributed by atoms with Crippen molar-refractivity contribution in [3.8, 4) is 0 Å². The molecule has 1 atom stereocenters. The summed E-state index contributed by atoms with van der Waals surface area (Å²) in [7, 11) is -3.64. The Morgan fingerprint density at radius 2 is 2.10 bits per heavy atom. The number of piperidine rings is 1. The highest BCUT2D eigenvalue weighted by atomic mass is 32.2. The number of sulfonamides is 1. The number of anilines is 1. The predicted molar refractivity (Wildman–Crippen MR) is 77.4 cm³/mol. The monoisotopic (exact) mass is 317 g/mol. The number of nitrogens with two attached hydrogens (primary N) is 1. The number of thiazole rings is 1. The highest BCUT2D eigenvalue weighted by Crippen LogP contribution is 2.32. The van der Waals surface area contributed by atoms with Gasteiger partial charge in [0.2, 0.25) is 10.0 Å². The van der Waals surface area contributed by atoms with Gasteiger partial charge in [0.05, 0.1) is 12.3 Å². The number of rotatable bonds is 3. The highest BCUT2D eigenvalue weighted by molar-refractivity contribution is 7.91. The van der Waals surface area contributed by atoms with Gasteiger partial charge in [0.15, 0.2) is 9.34 Å². The van der Waals surface area contributed by atoms with E-state index in [-0.39, 0.29) is 4.21 Å². The lowest BCUT2D eigenvalue weighted by Crippen LogP contribution is -2.37. The second-order valence-electron chi connectivity index (χ2n) is 5.38. The van der Waals surface area contributed by atoms with Gasteiger partial charge >= 0.3 is 0 Å². The molecule has 112 valence electrons. The second-order valence-corrected chi connectivity index (χ2v) is 8.18. The molecule has 2 aliphatic heterocycles. The average molecular weight is 317 g/mol. The zero-order valence-corrected chi connectivity index (χ0v) is 12.8. The van der Waals surface area contributed by atoms with E-state index < -0.39 is 10.0 Å². The molecule has 2 fully saturated rings. The van der Waals surface area contributed by atoms with E-state index >= 15 is 0 Å². The summed E-state index contributed by atoms with van der Waals surface area (Å²) in [6.07, 6.45) is 6.28. The molecule has 3 heterocycles. The standard InChI is InChI=1S/C12H19N3O3S2/c13-20(16,17)11-8-14-12(19-11)15-5-3-9(4-6-15)10-2-1-7-18-10/h8-10H,1-7H2,(H2,13,16,17). The number of ether oxygens (including phenoxy) is 1. The summed E-state index contributed by atoms with van der Waals surface area (Å²) in [5.74, 6) is 0.631. The van der Waals surface area contributed by atoms with Gasteiger partial charge in [-0.3, -0.25) is 0 Å². The molecule has 2 saturated heterocycles. The number of hydrogen-bond acceptors (Lipinski definition) is 6. The maximum absolute atomic E-state index is 11.3. The molecule has 0 aliphatic carbocycles. The first kappa shape index (κ1) is 14.2. The molecule has 1 aromatic rings. The fourth-order valence-corrected chi connectivity index (χ4v) is 4.56. The van der Waals surface area contributed by atoms with Crippen LogP contribution in [0.2, 0.25) is 0 Å². The molecule has 1 unspecified atom stereocenters. The van der Waals surface area contributed by atoms with Gasteiger partial charge in [-0.2, -0.15) is 0 Å². The van der Waals surface area contributed by atoms with Crippen molar-refractivity contribution in [1.29, 1.82) is 0 Å². The summed E-state index contributed by atoms with van der Waals surface area (Å²) in [6, 6.07) is 0. The minimum absolute atomic E-state index is 0.133. The molecule has 0 amide bonds. The number of aromatic nitrogens is 1. The van der Waals surface area contributed by atoms with Crippen molar-refractivity contribution in [2.24, 2.45) is 11.1 Å². The number of primary sulfonamides is 1. The first-order chi connectivity index (χ1) is 9.54. The third kappa shape index (κ3) is 2.98. The largest absolute Gasteiger partial charge is 0.378 e. The van der Waals surface area contributed by atoms with Crippen LogP contribution in [0, 0.1) is 5.92 Å². The lowest BCUT2D eigenvalue weighted by molar-refractivity contribution is 0.0531. The van der Waals surface area contributed by atoms with Crippen LogP contribution in [0.4, 0.5) is 5.13 Å². The summed E-state index contributed by atoms with van der Waals surface area (Å²) in [4.78, 5) is 6.33. The Labute approximate surface area is 123 Å². The Kier molecular flexibility index (Phi) is 3.98. The topological polar surface area (TPSA) is 85.5 Å². The van der Waals surface area contributed by atoms with Crippen molar-refractivity contribution in [3.05, 3.63) is 6.20 Å². The molecule has 0 aromatic carbocycles. The van der Waals surface area contributed by atoms with Gasteiger partial charge in [0.25, 0.3) is 0 Å².